The van der Waals surface area contributed by atoms with Gasteiger partial charge in [-0.3, -0.25) is 4.79 Å². The first-order chi connectivity index (χ1) is 10.7. The average Bonchev–Trinajstić information content (AvgIpc) is 3.20. The van der Waals surface area contributed by atoms with Gasteiger partial charge in [0.05, 0.1) is 6.04 Å². The number of halogens is 1. The molecular formula is C16H18ClN3O2. The zero-order valence-corrected chi connectivity index (χ0v) is 12.9. The maximum absolute atomic E-state index is 12.0. The van der Waals surface area contributed by atoms with Crippen LogP contribution in [0.25, 0.3) is 0 Å². The Hall–Kier alpha value is -1.85. The van der Waals surface area contributed by atoms with Crippen molar-refractivity contribution in [1.82, 2.24) is 15.6 Å². The molecule has 6 heteroatoms. The Morgan fingerprint density at radius 3 is 2.95 bits per heavy atom. The minimum Gasteiger partial charge on any atom is -0.446 e. The van der Waals surface area contributed by atoms with Crippen LogP contribution < -0.4 is 10.6 Å². The predicted octanol–water partition coefficient (Wildman–Crippen LogP) is 2.73. The quantitative estimate of drug-likeness (QED) is 0.889. The van der Waals surface area contributed by atoms with E-state index in [-0.39, 0.29) is 11.9 Å². The molecule has 1 atom stereocenters. The first-order valence-electron chi connectivity index (χ1n) is 7.44. The van der Waals surface area contributed by atoms with Gasteiger partial charge in [0.15, 0.2) is 5.69 Å². The Bertz CT molecular complexity index is 633. The second kappa shape index (κ2) is 6.94. The molecule has 1 unspecified atom stereocenters. The van der Waals surface area contributed by atoms with Gasteiger partial charge < -0.3 is 15.1 Å². The molecule has 0 bridgehead atoms. The van der Waals surface area contributed by atoms with Crippen molar-refractivity contribution in [1.29, 1.82) is 0 Å². The highest BCUT2D eigenvalue weighted by atomic mass is 35.5. The molecule has 1 aromatic heterocycles. The van der Waals surface area contributed by atoms with Gasteiger partial charge in [-0.15, -0.1) is 0 Å². The standard InChI is InChI=1S/C16H18ClN3O2/c17-12-5-3-11(4-6-12)7-9-19-15(21)14-10-22-16(20-14)13-2-1-8-18-13/h3-6,10,13,18H,1-2,7-9H2,(H,19,21). The van der Waals surface area contributed by atoms with E-state index in [0.29, 0.717) is 23.2 Å². The summed E-state index contributed by atoms with van der Waals surface area (Å²) in [6.07, 6.45) is 4.28. The molecule has 1 aliphatic rings. The van der Waals surface area contributed by atoms with E-state index in [4.69, 9.17) is 16.0 Å². The van der Waals surface area contributed by atoms with Gasteiger partial charge in [-0.1, -0.05) is 23.7 Å². The van der Waals surface area contributed by atoms with Gasteiger partial charge in [0.1, 0.15) is 6.26 Å². The van der Waals surface area contributed by atoms with Crippen LogP contribution in [0.1, 0.15) is 40.8 Å². The molecule has 116 valence electrons. The van der Waals surface area contributed by atoms with Crippen LogP contribution in [0.3, 0.4) is 0 Å². The summed E-state index contributed by atoms with van der Waals surface area (Å²) in [6.45, 7) is 1.51. The van der Waals surface area contributed by atoms with Crippen LogP contribution in [0, 0.1) is 0 Å². The third-order valence-corrected chi connectivity index (χ3v) is 3.98. The van der Waals surface area contributed by atoms with E-state index in [1.54, 1.807) is 0 Å². The highest BCUT2D eigenvalue weighted by Gasteiger charge is 2.22. The number of benzene rings is 1. The van der Waals surface area contributed by atoms with E-state index in [0.717, 1.165) is 31.4 Å². The lowest BCUT2D eigenvalue weighted by Gasteiger charge is -2.04. The largest absolute Gasteiger partial charge is 0.446 e. The van der Waals surface area contributed by atoms with E-state index in [2.05, 4.69) is 15.6 Å². The van der Waals surface area contributed by atoms with Gasteiger partial charge in [-0.05, 0) is 43.5 Å². The van der Waals surface area contributed by atoms with Crippen molar-refractivity contribution in [3.8, 4) is 0 Å². The maximum atomic E-state index is 12.0. The van der Waals surface area contributed by atoms with Crippen LogP contribution in [0.2, 0.25) is 5.02 Å². The van der Waals surface area contributed by atoms with E-state index >= 15 is 0 Å². The summed E-state index contributed by atoms with van der Waals surface area (Å²) < 4.78 is 5.40. The molecule has 3 rings (SSSR count). The second-order valence-electron chi connectivity index (χ2n) is 5.35. The van der Waals surface area contributed by atoms with Gasteiger partial charge >= 0.3 is 0 Å². The highest BCUT2D eigenvalue weighted by molar-refractivity contribution is 6.30. The molecule has 2 N–H and O–H groups in total. The Morgan fingerprint density at radius 1 is 1.41 bits per heavy atom. The first kappa shape index (κ1) is 15.1. The molecule has 2 aromatic rings. The summed E-state index contributed by atoms with van der Waals surface area (Å²) in [5.74, 6) is 0.391. The van der Waals surface area contributed by atoms with Crippen LogP contribution >= 0.6 is 11.6 Å². The van der Waals surface area contributed by atoms with E-state index in [1.165, 1.54) is 6.26 Å². The molecule has 5 nitrogen and oxygen atoms in total. The third-order valence-electron chi connectivity index (χ3n) is 3.73. The van der Waals surface area contributed by atoms with Crippen LogP contribution in [-0.4, -0.2) is 24.0 Å². The number of rotatable bonds is 5. The fourth-order valence-corrected chi connectivity index (χ4v) is 2.64. The van der Waals surface area contributed by atoms with Gasteiger partial charge in [0, 0.05) is 11.6 Å². The Labute approximate surface area is 134 Å². The summed E-state index contributed by atoms with van der Waals surface area (Å²) in [6, 6.07) is 7.73. The van der Waals surface area contributed by atoms with Crippen molar-refractivity contribution in [2.45, 2.75) is 25.3 Å². The lowest BCUT2D eigenvalue weighted by Crippen LogP contribution is -2.26. The number of aromatic nitrogens is 1. The molecular weight excluding hydrogens is 302 g/mol. The smallest absolute Gasteiger partial charge is 0.273 e. The number of nitrogens with one attached hydrogen (secondary N) is 2. The number of carbonyl (C=O) groups excluding carboxylic acids is 1. The molecule has 2 heterocycles. The Kier molecular flexibility index (Phi) is 4.75. The molecule has 22 heavy (non-hydrogen) atoms. The summed E-state index contributed by atoms with van der Waals surface area (Å²) in [7, 11) is 0. The first-order valence-corrected chi connectivity index (χ1v) is 7.81. The summed E-state index contributed by atoms with van der Waals surface area (Å²) in [4.78, 5) is 16.3. The number of hydrogen-bond donors (Lipinski definition) is 2. The fourth-order valence-electron chi connectivity index (χ4n) is 2.51. The lowest BCUT2D eigenvalue weighted by molar-refractivity contribution is 0.0949. The number of nitrogens with zero attached hydrogens (tertiary/aromatic N) is 1. The SMILES string of the molecule is O=C(NCCc1ccc(Cl)cc1)c1coc(C2CCCN2)n1. The minimum atomic E-state index is -0.207. The minimum absolute atomic E-state index is 0.135. The van der Waals surface area contributed by atoms with Crippen LogP contribution in [0.5, 0.6) is 0 Å². The molecule has 0 spiro atoms. The molecule has 1 saturated heterocycles. The number of hydrogen-bond acceptors (Lipinski definition) is 4. The molecule has 1 aliphatic heterocycles. The maximum Gasteiger partial charge on any atom is 0.273 e. The summed E-state index contributed by atoms with van der Waals surface area (Å²) in [5, 5.41) is 6.86. The van der Waals surface area contributed by atoms with Crippen LogP contribution in [0.15, 0.2) is 34.9 Å². The molecule has 0 aliphatic carbocycles. The zero-order chi connectivity index (χ0) is 15.4. The summed E-state index contributed by atoms with van der Waals surface area (Å²) in [5.41, 5.74) is 1.46. The molecule has 0 saturated carbocycles. The van der Waals surface area contributed by atoms with Crippen LogP contribution in [0.4, 0.5) is 0 Å². The van der Waals surface area contributed by atoms with Crippen molar-refractivity contribution in [2.24, 2.45) is 0 Å². The van der Waals surface area contributed by atoms with E-state index < -0.39 is 0 Å². The van der Waals surface area contributed by atoms with Gasteiger partial charge in [-0.2, -0.15) is 0 Å². The predicted molar refractivity (Wildman–Crippen MR) is 84.0 cm³/mol. The normalized spacial score (nSPS) is 17.6. The van der Waals surface area contributed by atoms with Crippen molar-refractivity contribution in [3.63, 3.8) is 0 Å². The van der Waals surface area contributed by atoms with Gasteiger partial charge in [0.25, 0.3) is 5.91 Å². The topological polar surface area (TPSA) is 67.2 Å². The van der Waals surface area contributed by atoms with Crippen molar-refractivity contribution >= 4 is 17.5 Å². The number of carbonyl (C=O) groups is 1. The zero-order valence-electron chi connectivity index (χ0n) is 12.1. The van der Waals surface area contributed by atoms with Crippen molar-refractivity contribution in [2.75, 3.05) is 13.1 Å². The summed E-state index contributed by atoms with van der Waals surface area (Å²) >= 11 is 5.84. The fraction of sp³-hybridized carbons (Fsp3) is 0.375. The van der Waals surface area contributed by atoms with Crippen LogP contribution in [-0.2, 0) is 6.42 Å². The van der Waals surface area contributed by atoms with Crippen molar-refractivity contribution < 1.29 is 9.21 Å². The van der Waals surface area contributed by atoms with Gasteiger partial charge in [0.2, 0.25) is 5.89 Å². The molecule has 0 radical (unpaired) electrons. The molecule has 1 fully saturated rings. The lowest BCUT2D eigenvalue weighted by atomic mass is 10.1. The Balaban J connectivity index is 1.50. The number of oxazole rings is 1. The Morgan fingerprint density at radius 2 is 2.23 bits per heavy atom. The number of amides is 1. The average molecular weight is 320 g/mol. The van der Waals surface area contributed by atoms with E-state index in [9.17, 15) is 4.79 Å². The third kappa shape index (κ3) is 3.67. The second-order valence-corrected chi connectivity index (χ2v) is 5.79. The van der Waals surface area contributed by atoms with Gasteiger partial charge in [-0.25, -0.2) is 4.98 Å². The molecule has 1 aromatic carbocycles. The highest BCUT2D eigenvalue weighted by Crippen LogP contribution is 2.22. The van der Waals surface area contributed by atoms with E-state index in [1.807, 2.05) is 24.3 Å². The molecule has 1 amide bonds. The monoisotopic (exact) mass is 319 g/mol. The van der Waals surface area contributed by atoms with Crippen molar-refractivity contribution in [3.05, 3.63) is 52.7 Å².